The van der Waals surface area contributed by atoms with Gasteiger partial charge in [-0.25, -0.2) is 4.79 Å². The van der Waals surface area contributed by atoms with E-state index in [-0.39, 0.29) is 12.2 Å². The molecule has 0 radical (unpaired) electrons. The van der Waals surface area contributed by atoms with Gasteiger partial charge in [-0.2, -0.15) is 5.26 Å². The van der Waals surface area contributed by atoms with Crippen molar-refractivity contribution >= 4 is 28.0 Å². The molecule has 1 aromatic heterocycles. The number of carbonyl (C=O) groups excluding carboxylic acids is 1. The average Bonchev–Trinajstić information content (AvgIpc) is 2.99. The summed E-state index contributed by atoms with van der Waals surface area (Å²) in [5.74, 6) is 0.328. The second-order valence-electron chi connectivity index (χ2n) is 4.24. The van der Waals surface area contributed by atoms with E-state index in [1.165, 1.54) is 12.2 Å². The molecule has 110 valence electrons. The molecular formula is C17H12BrNO3. The molecule has 0 aliphatic carbocycles. The van der Waals surface area contributed by atoms with Gasteiger partial charge in [0.2, 0.25) is 0 Å². The van der Waals surface area contributed by atoms with Gasteiger partial charge in [0.1, 0.15) is 29.8 Å². The van der Waals surface area contributed by atoms with E-state index >= 15 is 0 Å². The summed E-state index contributed by atoms with van der Waals surface area (Å²) in [5, 5.41) is 9.03. The lowest BCUT2D eigenvalue weighted by molar-refractivity contribution is -0.137. The Hall–Kier alpha value is -2.58. The molecule has 0 amide bonds. The molecule has 0 bridgehead atoms. The molecule has 0 fully saturated rings. The van der Waals surface area contributed by atoms with Crippen LogP contribution in [0.3, 0.4) is 0 Å². The Labute approximate surface area is 136 Å². The monoisotopic (exact) mass is 357 g/mol. The number of nitriles is 1. The van der Waals surface area contributed by atoms with Gasteiger partial charge >= 0.3 is 5.97 Å². The second-order valence-corrected chi connectivity index (χ2v) is 5.09. The molecular weight excluding hydrogens is 346 g/mol. The van der Waals surface area contributed by atoms with Crippen molar-refractivity contribution in [2.45, 2.75) is 0 Å². The Bertz CT molecular complexity index is 768. The Kier molecular flexibility index (Phi) is 5.34. The molecule has 0 saturated carbocycles. The van der Waals surface area contributed by atoms with Gasteiger partial charge in [-0.15, -0.1) is 0 Å². The fraction of sp³-hybridized carbons (Fsp3) is 0.0588. The van der Waals surface area contributed by atoms with E-state index in [0.29, 0.717) is 11.5 Å². The fourth-order valence-electron chi connectivity index (χ4n) is 1.73. The normalized spacial score (nSPS) is 10.8. The Morgan fingerprint density at radius 1 is 1.36 bits per heavy atom. The maximum atomic E-state index is 11.7. The molecule has 22 heavy (non-hydrogen) atoms. The molecule has 2 aromatic rings. The van der Waals surface area contributed by atoms with Crippen LogP contribution in [0.25, 0.3) is 17.4 Å². The van der Waals surface area contributed by atoms with Crippen molar-refractivity contribution in [2.75, 3.05) is 6.61 Å². The lowest BCUT2D eigenvalue weighted by Gasteiger charge is -2.00. The van der Waals surface area contributed by atoms with E-state index in [9.17, 15) is 4.79 Å². The Balaban J connectivity index is 2.26. The molecule has 2 rings (SSSR count). The van der Waals surface area contributed by atoms with Gasteiger partial charge in [0.25, 0.3) is 0 Å². The molecule has 0 saturated heterocycles. The number of nitrogens with zero attached hydrogens (tertiary/aromatic N) is 1. The van der Waals surface area contributed by atoms with Crippen LogP contribution in [0.2, 0.25) is 0 Å². The van der Waals surface area contributed by atoms with Crippen molar-refractivity contribution in [1.29, 1.82) is 5.26 Å². The largest absolute Gasteiger partial charge is 0.457 e. The summed E-state index contributed by atoms with van der Waals surface area (Å²) < 4.78 is 11.4. The highest BCUT2D eigenvalue weighted by Gasteiger charge is 2.12. The number of carbonyl (C=O) groups is 1. The highest BCUT2D eigenvalue weighted by atomic mass is 79.9. The molecule has 0 spiro atoms. The van der Waals surface area contributed by atoms with Gasteiger partial charge in [-0.3, -0.25) is 0 Å². The SMILES string of the molecule is C=CCOC(=O)C(C#N)=Cc1ccc(-c2ccccc2Br)o1. The number of esters is 1. The topological polar surface area (TPSA) is 63.2 Å². The van der Waals surface area contributed by atoms with E-state index in [2.05, 4.69) is 22.5 Å². The third-order valence-corrected chi connectivity index (χ3v) is 3.42. The first kappa shape index (κ1) is 15.8. The molecule has 0 aliphatic heterocycles. The maximum absolute atomic E-state index is 11.7. The van der Waals surface area contributed by atoms with Gasteiger partial charge in [0, 0.05) is 16.1 Å². The van der Waals surface area contributed by atoms with Crippen LogP contribution in [0.1, 0.15) is 5.76 Å². The molecule has 0 N–H and O–H groups in total. The van der Waals surface area contributed by atoms with Crippen molar-refractivity contribution in [3.8, 4) is 17.4 Å². The molecule has 0 aliphatic rings. The van der Waals surface area contributed by atoms with E-state index in [0.717, 1.165) is 10.0 Å². The predicted molar refractivity (Wildman–Crippen MR) is 86.6 cm³/mol. The van der Waals surface area contributed by atoms with Gasteiger partial charge in [0.05, 0.1) is 0 Å². The van der Waals surface area contributed by atoms with Crippen molar-refractivity contribution in [2.24, 2.45) is 0 Å². The standard InChI is InChI=1S/C17H12BrNO3/c1-2-9-21-17(20)12(11-19)10-13-7-8-16(22-13)14-5-3-4-6-15(14)18/h2-8,10H,1,9H2. The quantitative estimate of drug-likeness (QED) is 0.345. The van der Waals surface area contributed by atoms with E-state index in [1.807, 2.05) is 24.3 Å². The first-order valence-corrected chi connectivity index (χ1v) is 7.19. The molecule has 0 unspecified atom stereocenters. The molecule has 1 aromatic carbocycles. The summed E-state index contributed by atoms with van der Waals surface area (Å²) in [6, 6.07) is 12.9. The number of hydrogen-bond acceptors (Lipinski definition) is 4. The lowest BCUT2D eigenvalue weighted by atomic mass is 10.2. The zero-order chi connectivity index (χ0) is 15.9. The Morgan fingerprint density at radius 3 is 2.82 bits per heavy atom. The van der Waals surface area contributed by atoms with Crippen molar-refractivity contribution in [3.05, 3.63) is 64.9 Å². The zero-order valence-electron chi connectivity index (χ0n) is 11.6. The highest BCUT2D eigenvalue weighted by molar-refractivity contribution is 9.10. The van der Waals surface area contributed by atoms with Crippen LogP contribution < -0.4 is 0 Å². The van der Waals surface area contributed by atoms with E-state index in [1.54, 1.807) is 18.2 Å². The predicted octanol–water partition coefficient (Wildman–Crippen LogP) is 4.35. The molecule has 0 atom stereocenters. The molecule has 5 heteroatoms. The van der Waals surface area contributed by atoms with Gasteiger partial charge in [0.15, 0.2) is 0 Å². The summed E-state index contributed by atoms with van der Waals surface area (Å²) in [4.78, 5) is 11.7. The number of furan rings is 1. The highest BCUT2D eigenvalue weighted by Crippen LogP contribution is 2.29. The van der Waals surface area contributed by atoms with Crippen LogP contribution in [-0.4, -0.2) is 12.6 Å². The third kappa shape index (κ3) is 3.74. The lowest BCUT2D eigenvalue weighted by Crippen LogP contribution is -2.06. The van der Waals surface area contributed by atoms with Crippen LogP contribution >= 0.6 is 15.9 Å². The van der Waals surface area contributed by atoms with Crippen LogP contribution in [0.15, 0.2) is 63.5 Å². The van der Waals surface area contributed by atoms with Crippen molar-refractivity contribution in [1.82, 2.24) is 0 Å². The summed E-state index contributed by atoms with van der Waals surface area (Å²) in [6.07, 6.45) is 2.79. The second kappa shape index (κ2) is 7.43. The Morgan fingerprint density at radius 2 is 2.14 bits per heavy atom. The summed E-state index contributed by atoms with van der Waals surface area (Å²) in [6.45, 7) is 3.50. The summed E-state index contributed by atoms with van der Waals surface area (Å²) in [5.41, 5.74) is 0.754. The fourth-order valence-corrected chi connectivity index (χ4v) is 2.21. The van der Waals surface area contributed by atoms with Gasteiger partial charge < -0.3 is 9.15 Å². The van der Waals surface area contributed by atoms with E-state index in [4.69, 9.17) is 14.4 Å². The van der Waals surface area contributed by atoms with Crippen molar-refractivity contribution in [3.63, 3.8) is 0 Å². The van der Waals surface area contributed by atoms with Crippen molar-refractivity contribution < 1.29 is 13.9 Å². The van der Waals surface area contributed by atoms with Crippen LogP contribution in [0, 0.1) is 11.3 Å². The number of benzene rings is 1. The first-order valence-electron chi connectivity index (χ1n) is 6.40. The smallest absolute Gasteiger partial charge is 0.349 e. The number of ether oxygens (including phenoxy) is 1. The number of hydrogen-bond donors (Lipinski definition) is 0. The minimum atomic E-state index is -0.707. The van der Waals surface area contributed by atoms with Gasteiger partial charge in [-0.05, 0) is 18.2 Å². The minimum absolute atomic E-state index is 0.0538. The minimum Gasteiger partial charge on any atom is -0.457 e. The van der Waals surface area contributed by atoms with Crippen LogP contribution in [-0.2, 0) is 9.53 Å². The third-order valence-electron chi connectivity index (χ3n) is 2.73. The zero-order valence-corrected chi connectivity index (χ0v) is 13.2. The van der Waals surface area contributed by atoms with Gasteiger partial charge in [-0.1, -0.05) is 46.8 Å². The van der Waals surface area contributed by atoms with Crippen LogP contribution in [0.5, 0.6) is 0 Å². The summed E-state index contributed by atoms with van der Waals surface area (Å²) in [7, 11) is 0. The molecule has 1 heterocycles. The summed E-state index contributed by atoms with van der Waals surface area (Å²) >= 11 is 3.45. The number of rotatable bonds is 5. The average molecular weight is 358 g/mol. The van der Waals surface area contributed by atoms with Crippen LogP contribution in [0.4, 0.5) is 0 Å². The number of halogens is 1. The van der Waals surface area contributed by atoms with E-state index < -0.39 is 5.97 Å². The maximum Gasteiger partial charge on any atom is 0.349 e. The first-order chi connectivity index (χ1) is 10.7. The molecule has 4 nitrogen and oxygen atoms in total.